The summed E-state index contributed by atoms with van der Waals surface area (Å²) in [5.74, 6) is -7.02. The molecule has 9 heteroatoms. The van der Waals surface area contributed by atoms with Crippen molar-refractivity contribution in [2.75, 3.05) is 0 Å². The van der Waals surface area contributed by atoms with Gasteiger partial charge < -0.3 is 0 Å². The molecule has 0 radical (unpaired) electrons. The van der Waals surface area contributed by atoms with E-state index < -0.39 is 34.4 Å². The Morgan fingerprint density at radius 1 is 0.560 bits per heavy atom. The number of nitrogens with zero attached hydrogens (tertiary/aromatic N) is 5. The van der Waals surface area contributed by atoms with E-state index in [1.807, 2.05) is 72.8 Å². The number of nitriles is 1. The second-order valence-electron chi connectivity index (χ2n) is 11.4. The lowest BCUT2D eigenvalue weighted by atomic mass is 9.91. The largest absolute Gasteiger partial charge is 0.255 e. The molecule has 0 aliphatic rings. The summed E-state index contributed by atoms with van der Waals surface area (Å²) >= 11 is 0. The number of benzene rings is 6. The molecule has 0 amide bonds. The highest BCUT2D eigenvalue weighted by Gasteiger charge is 2.29. The number of fused-ring (bicyclic) bond motifs is 5. The summed E-state index contributed by atoms with van der Waals surface area (Å²) < 4.78 is 60.9. The Hall–Kier alpha value is -6.97. The van der Waals surface area contributed by atoms with Gasteiger partial charge >= 0.3 is 0 Å². The molecule has 2 aromatic heterocycles. The van der Waals surface area contributed by atoms with Crippen LogP contribution in [0.15, 0.2) is 115 Å². The highest BCUT2D eigenvalue weighted by molar-refractivity contribution is 6.24. The van der Waals surface area contributed by atoms with Crippen molar-refractivity contribution in [1.82, 2.24) is 15.0 Å². The van der Waals surface area contributed by atoms with Gasteiger partial charge in [0.05, 0.1) is 45.8 Å². The van der Waals surface area contributed by atoms with Gasteiger partial charge in [-0.25, -0.2) is 32.4 Å². The van der Waals surface area contributed by atoms with E-state index in [9.17, 15) is 8.78 Å². The number of rotatable bonds is 4. The first-order valence-electron chi connectivity index (χ1n) is 15.3. The van der Waals surface area contributed by atoms with Crippen LogP contribution in [0.3, 0.4) is 0 Å². The van der Waals surface area contributed by atoms with Crippen molar-refractivity contribution in [3.8, 4) is 51.0 Å². The topological polar surface area (TPSA) is 66.8 Å². The average molecular weight is 658 g/mol. The Bertz CT molecular complexity index is 2740. The van der Waals surface area contributed by atoms with E-state index in [4.69, 9.17) is 26.8 Å². The first-order chi connectivity index (χ1) is 24.4. The van der Waals surface area contributed by atoms with Gasteiger partial charge in [0, 0.05) is 32.8 Å². The molecule has 0 aliphatic carbocycles. The zero-order chi connectivity index (χ0) is 34.5. The molecule has 0 spiro atoms. The van der Waals surface area contributed by atoms with Crippen molar-refractivity contribution in [2.24, 2.45) is 0 Å². The molecule has 0 unspecified atom stereocenters. The molecule has 8 rings (SSSR count). The molecule has 236 valence electrons. The van der Waals surface area contributed by atoms with Crippen LogP contribution >= 0.6 is 0 Å². The lowest BCUT2D eigenvalue weighted by Gasteiger charge is -2.18. The van der Waals surface area contributed by atoms with Crippen molar-refractivity contribution in [3.05, 3.63) is 156 Å². The van der Waals surface area contributed by atoms with E-state index in [0.29, 0.717) is 44.1 Å². The maximum atomic E-state index is 15.5. The fourth-order valence-corrected chi connectivity index (χ4v) is 6.37. The summed E-state index contributed by atoms with van der Waals surface area (Å²) in [7, 11) is 0. The first-order valence-corrected chi connectivity index (χ1v) is 15.3. The third kappa shape index (κ3) is 4.64. The normalized spacial score (nSPS) is 11.2. The predicted octanol–water partition coefficient (Wildman–Crippen LogP) is 11.0. The smallest absolute Gasteiger partial charge is 0.215 e. The van der Waals surface area contributed by atoms with Gasteiger partial charge in [-0.2, -0.15) is 5.26 Å². The maximum absolute atomic E-state index is 15.5. The Kier molecular flexibility index (Phi) is 7.24. The average Bonchev–Trinajstić information content (AvgIpc) is 3.17. The van der Waals surface area contributed by atoms with Crippen LogP contribution in [0.4, 0.5) is 23.2 Å². The van der Waals surface area contributed by atoms with E-state index in [2.05, 4.69) is 4.85 Å². The highest BCUT2D eigenvalue weighted by atomic mass is 19.2. The van der Waals surface area contributed by atoms with Crippen molar-refractivity contribution < 1.29 is 17.6 Å². The molecule has 0 saturated heterocycles. The van der Waals surface area contributed by atoms with Crippen molar-refractivity contribution in [1.29, 1.82) is 5.26 Å². The minimum atomic E-state index is -1.80. The third-order valence-electron chi connectivity index (χ3n) is 8.63. The monoisotopic (exact) mass is 657 g/mol. The summed E-state index contributed by atoms with van der Waals surface area (Å²) in [6.45, 7) is 8.18. The van der Waals surface area contributed by atoms with Crippen LogP contribution in [-0.2, 0) is 0 Å². The molecular formula is C41H19F4N5. The number of hydrogen-bond acceptors (Lipinski definition) is 4. The Morgan fingerprint density at radius 2 is 1.10 bits per heavy atom. The molecule has 0 fully saturated rings. The fourth-order valence-electron chi connectivity index (χ4n) is 6.37. The summed E-state index contributed by atoms with van der Waals surface area (Å²) in [5.41, 5.74) is 1.93. The second-order valence-corrected chi connectivity index (χ2v) is 11.4. The van der Waals surface area contributed by atoms with Crippen LogP contribution in [0.5, 0.6) is 0 Å². The molecule has 50 heavy (non-hydrogen) atoms. The second kappa shape index (κ2) is 11.9. The van der Waals surface area contributed by atoms with Crippen LogP contribution in [0, 0.1) is 41.2 Å². The van der Waals surface area contributed by atoms with Crippen molar-refractivity contribution in [3.63, 3.8) is 0 Å². The van der Waals surface area contributed by atoms with Crippen LogP contribution in [0.2, 0.25) is 0 Å². The fraction of sp³-hybridized carbons (Fsp3) is 0. The van der Waals surface area contributed by atoms with Crippen molar-refractivity contribution >= 4 is 38.4 Å². The molecule has 8 aromatic rings. The molecule has 0 aliphatic heterocycles. The first kappa shape index (κ1) is 30.4. The van der Waals surface area contributed by atoms with Crippen LogP contribution in [-0.4, -0.2) is 15.0 Å². The van der Waals surface area contributed by atoms with E-state index in [1.165, 1.54) is 24.3 Å². The molecule has 5 nitrogen and oxygen atoms in total. The predicted molar refractivity (Wildman–Crippen MR) is 185 cm³/mol. The summed E-state index contributed by atoms with van der Waals surface area (Å²) in [6.07, 6.45) is 0. The van der Waals surface area contributed by atoms with Gasteiger partial charge in [-0.1, -0.05) is 103 Å². The molecule has 2 heterocycles. The van der Waals surface area contributed by atoms with Gasteiger partial charge in [0.15, 0.2) is 23.3 Å². The Morgan fingerprint density at radius 3 is 1.70 bits per heavy atom. The molecule has 0 N–H and O–H groups in total. The third-order valence-corrected chi connectivity index (χ3v) is 8.63. The van der Waals surface area contributed by atoms with Crippen LogP contribution in [0.1, 0.15) is 5.56 Å². The number of pyridine rings is 1. The van der Waals surface area contributed by atoms with E-state index >= 15 is 8.78 Å². The SMILES string of the molecule is [C-]#[N+]c1cc2c(-c3ccccc3-c3c(F)c(F)c(C#N)c(F)c3F)nc3ccccc3c2c2nc(-c3ccccc3)c(-c3ccccc3)nc12. The highest BCUT2D eigenvalue weighted by Crippen LogP contribution is 2.45. The summed E-state index contributed by atoms with van der Waals surface area (Å²) in [5, 5.41) is 10.8. The maximum Gasteiger partial charge on any atom is 0.215 e. The van der Waals surface area contributed by atoms with Gasteiger partial charge in [0.2, 0.25) is 5.69 Å². The number of aromatic nitrogens is 3. The van der Waals surface area contributed by atoms with Gasteiger partial charge in [-0.05, 0) is 17.7 Å². The minimum Gasteiger partial charge on any atom is -0.255 e. The van der Waals surface area contributed by atoms with Gasteiger partial charge in [0.25, 0.3) is 0 Å². The van der Waals surface area contributed by atoms with E-state index in [-0.39, 0.29) is 22.5 Å². The summed E-state index contributed by atoms with van der Waals surface area (Å²) in [4.78, 5) is 19.0. The standard InChI is InChI=1S/C41H19F4N5/c1-47-30-20-27-31(41-40(30)49-37(22-12-4-2-5-13-22)38(50-41)23-14-6-3-7-15-23)26-18-10-11-19-29(26)48-39(27)25-17-9-8-16-24(25)32-35(44)33(42)28(21-46)34(43)36(32)45/h2-20H. The number of hydrogen-bond donors (Lipinski definition) is 0. The molecule has 0 atom stereocenters. The number of para-hydroxylation sites is 1. The van der Waals surface area contributed by atoms with Crippen LogP contribution in [0.25, 0.3) is 82.5 Å². The Labute approximate surface area is 282 Å². The zero-order valence-corrected chi connectivity index (χ0v) is 25.7. The van der Waals surface area contributed by atoms with Gasteiger partial charge in [0.1, 0.15) is 11.6 Å². The van der Waals surface area contributed by atoms with E-state index in [0.717, 1.165) is 11.1 Å². The van der Waals surface area contributed by atoms with Gasteiger partial charge in [-0.3, -0.25) is 4.98 Å². The molecular weight excluding hydrogens is 638 g/mol. The molecule has 6 aromatic carbocycles. The lowest BCUT2D eigenvalue weighted by Crippen LogP contribution is -2.05. The van der Waals surface area contributed by atoms with E-state index in [1.54, 1.807) is 24.3 Å². The van der Waals surface area contributed by atoms with Gasteiger partial charge in [-0.15, -0.1) is 0 Å². The zero-order valence-electron chi connectivity index (χ0n) is 25.7. The van der Waals surface area contributed by atoms with Crippen molar-refractivity contribution in [2.45, 2.75) is 0 Å². The minimum absolute atomic E-state index is 0.136. The van der Waals surface area contributed by atoms with Crippen LogP contribution < -0.4 is 0 Å². The summed E-state index contributed by atoms with van der Waals surface area (Å²) in [6, 6.07) is 35.0. The quantitative estimate of drug-likeness (QED) is 0.0818. The Balaban J connectivity index is 1.54. The molecule has 0 saturated carbocycles. The molecule has 0 bridgehead atoms. The lowest BCUT2D eigenvalue weighted by molar-refractivity contribution is 0.454. The number of halogens is 4.